The molecule has 2 aliphatic rings. The Hall–Kier alpha value is -2.84. The molecule has 2 heterocycles. The minimum atomic E-state index is -4.65. The fourth-order valence-electron chi connectivity index (χ4n) is 4.18. The van der Waals surface area contributed by atoms with Gasteiger partial charge >= 0.3 is 6.18 Å². The number of nitrogens with one attached hydrogen (secondary N) is 2. The van der Waals surface area contributed by atoms with E-state index in [2.05, 4.69) is 20.6 Å². The number of nitrogen functional groups attached to an aromatic ring is 1. The molecule has 2 aromatic rings. The van der Waals surface area contributed by atoms with Crippen molar-refractivity contribution >= 4 is 23.2 Å². The average Bonchev–Trinajstić information content (AvgIpc) is 2.90. The number of anilines is 3. The standard InChI is InChI=1S/C19H20F3N5O/c1-10-15(23)24-9-25-16(10)26-11-7-12-14(13(8-11)19(20,21)22)17(28)27-18(12)5-3-2-4-6-18/h7-9H,2-6H2,1H3,(H,27,28)(H3,23,24,25,26). The largest absolute Gasteiger partial charge is 0.417 e. The number of benzene rings is 1. The van der Waals surface area contributed by atoms with Gasteiger partial charge in [-0.25, -0.2) is 9.97 Å². The molecule has 28 heavy (non-hydrogen) atoms. The van der Waals surface area contributed by atoms with Crippen LogP contribution in [0.1, 0.15) is 59.2 Å². The number of hydrogen-bond acceptors (Lipinski definition) is 5. The number of alkyl halides is 3. The van der Waals surface area contributed by atoms with Crippen molar-refractivity contribution in [1.82, 2.24) is 15.3 Å². The van der Waals surface area contributed by atoms with Gasteiger partial charge in [-0.05, 0) is 37.5 Å². The second-order valence-corrected chi connectivity index (χ2v) is 7.40. The minimum absolute atomic E-state index is 0.216. The van der Waals surface area contributed by atoms with Crippen molar-refractivity contribution in [3.8, 4) is 0 Å². The Labute approximate surface area is 159 Å². The van der Waals surface area contributed by atoms with E-state index in [1.807, 2.05) is 0 Å². The zero-order valence-corrected chi connectivity index (χ0v) is 15.3. The van der Waals surface area contributed by atoms with Crippen LogP contribution in [0.25, 0.3) is 0 Å². The summed E-state index contributed by atoms with van der Waals surface area (Å²) in [4.78, 5) is 20.4. The van der Waals surface area contributed by atoms with Crippen molar-refractivity contribution in [1.29, 1.82) is 0 Å². The first-order valence-corrected chi connectivity index (χ1v) is 9.14. The van der Waals surface area contributed by atoms with E-state index in [1.165, 1.54) is 6.33 Å². The van der Waals surface area contributed by atoms with Gasteiger partial charge in [-0.1, -0.05) is 19.3 Å². The third-order valence-corrected chi connectivity index (χ3v) is 5.63. The lowest BCUT2D eigenvalue weighted by Crippen LogP contribution is -2.40. The molecule has 4 N–H and O–H groups in total. The van der Waals surface area contributed by atoms with Crippen LogP contribution in [0.4, 0.5) is 30.5 Å². The summed E-state index contributed by atoms with van der Waals surface area (Å²) in [5.74, 6) is -0.0795. The summed E-state index contributed by atoms with van der Waals surface area (Å²) in [6.45, 7) is 1.68. The number of aromatic nitrogens is 2. The third kappa shape index (κ3) is 2.94. The summed E-state index contributed by atoms with van der Waals surface area (Å²) in [5, 5.41) is 5.77. The third-order valence-electron chi connectivity index (χ3n) is 5.63. The van der Waals surface area contributed by atoms with Gasteiger partial charge in [-0.15, -0.1) is 0 Å². The number of nitrogens with two attached hydrogens (primary N) is 1. The predicted octanol–water partition coefficient (Wildman–Crippen LogP) is 4.03. The van der Waals surface area contributed by atoms with Crippen molar-refractivity contribution in [2.45, 2.75) is 50.7 Å². The molecular weight excluding hydrogens is 371 g/mol. The molecule has 0 saturated heterocycles. The van der Waals surface area contributed by atoms with Gasteiger partial charge in [0.15, 0.2) is 0 Å². The van der Waals surface area contributed by atoms with Gasteiger partial charge in [0.05, 0.1) is 16.7 Å². The van der Waals surface area contributed by atoms with Gasteiger partial charge in [0.1, 0.15) is 18.0 Å². The molecule has 1 spiro atoms. The Bertz CT molecular complexity index is 951. The van der Waals surface area contributed by atoms with Crippen LogP contribution in [-0.4, -0.2) is 15.9 Å². The first-order valence-electron chi connectivity index (χ1n) is 9.14. The highest BCUT2D eigenvalue weighted by Gasteiger charge is 2.48. The van der Waals surface area contributed by atoms with E-state index in [9.17, 15) is 18.0 Å². The first-order chi connectivity index (χ1) is 13.2. The van der Waals surface area contributed by atoms with Crippen LogP contribution < -0.4 is 16.4 Å². The lowest BCUT2D eigenvalue weighted by atomic mass is 9.76. The highest BCUT2D eigenvalue weighted by atomic mass is 19.4. The Kier molecular flexibility index (Phi) is 4.20. The van der Waals surface area contributed by atoms with Crippen molar-refractivity contribution < 1.29 is 18.0 Å². The number of carbonyl (C=O) groups excluding carboxylic acids is 1. The second kappa shape index (κ2) is 6.35. The summed E-state index contributed by atoms with van der Waals surface area (Å²) in [6.07, 6.45) is 0.588. The predicted molar refractivity (Wildman–Crippen MR) is 98.1 cm³/mol. The van der Waals surface area contributed by atoms with Crippen LogP contribution in [0.15, 0.2) is 18.5 Å². The average molecular weight is 391 g/mol. The van der Waals surface area contributed by atoms with Crippen LogP contribution in [-0.2, 0) is 11.7 Å². The van der Waals surface area contributed by atoms with Crippen molar-refractivity contribution in [3.63, 3.8) is 0 Å². The molecular formula is C19H20F3N5O. The van der Waals surface area contributed by atoms with Gasteiger partial charge in [0.25, 0.3) is 5.91 Å². The van der Waals surface area contributed by atoms with E-state index in [-0.39, 0.29) is 17.1 Å². The molecule has 6 nitrogen and oxygen atoms in total. The number of hydrogen-bond donors (Lipinski definition) is 3. The van der Waals surface area contributed by atoms with E-state index in [0.717, 1.165) is 25.3 Å². The number of carbonyl (C=O) groups is 1. The zero-order chi connectivity index (χ0) is 20.1. The molecule has 1 aromatic carbocycles. The molecule has 1 aromatic heterocycles. The number of halogens is 3. The fourth-order valence-corrected chi connectivity index (χ4v) is 4.18. The Balaban J connectivity index is 1.87. The van der Waals surface area contributed by atoms with E-state index in [4.69, 9.17) is 5.73 Å². The van der Waals surface area contributed by atoms with Crippen LogP contribution in [0, 0.1) is 6.92 Å². The molecule has 1 amide bonds. The summed E-state index contributed by atoms with van der Waals surface area (Å²) >= 11 is 0. The topological polar surface area (TPSA) is 92.9 Å². The summed E-state index contributed by atoms with van der Waals surface area (Å²) in [6, 6.07) is 2.59. The van der Waals surface area contributed by atoms with E-state index >= 15 is 0 Å². The van der Waals surface area contributed by atoms with Gasteiger partial charge in [-0.2, -0.15) is 13.2 Å². The summed E-state index contributed by atoms with van der Waals surface area (Å²) in [5.41, 5.74) is 5.00. The molecule has 0 atom stereocenters. The highest BCUT2D eigenvalue weighted by molar-refractivity contribution is 6.02. The summed E-state index contributed by atoms with van der Waals surface area (Å²) in [7, 11) is 0. The fraction of sp³-hybridized carbons (Fsp3) is 0.421. The molecule has 1 aliphatic carbocycles. The molecule has 0 radical (unpaired) electrons. The van der Waals surface area contributed by atoms with Gasteiger partial charge < -0.3 is 16.4 Å². The molecule has 0 bridgehead atoms. The second-order valence-electron chi connectivity index (χ2n) is 7.40. The van der Waals surface area contributed by atoms with Crippen molar-refractivity contribution in [2.75, 3.05) is 11.1 Å². The Morgan fingerprint density at radius 1 is 1.18 bits per heavy atom. The summed E-state index contributed by atoms with van der Waals surface area (Å²) < 4.78 is 41.3. The van der Waals surface area contributed by atoms with Crippen molar-refractivity contribution in [3.05, 3.63) is 40.7 Å². The normalized spacial score (nSPS) is 18.1. The number of amides is 1. The molecule has 0 unspecified atom stereocenters. The van der Waals surface area contributed by atoms with Gasteiger partial charge in [0.2, 0.25) is 0 Å². The van der Waals surface area contributed by atoms with Crippen LogP contribution in [0.3, 0.4) is 0 Å². The van der Waals surface area contributed by atoms with E-state index in [1.54, 1.807) is 13.0 Å². The first kappa shape index (κ1) is 18.5. The van der Waals surface area contributed by atoms with E-state index < -0.39 is 23.2 Å². The van der Waals surface area contributed by atoms with Crippen LogP contribution in [0.2, 0.25) is 0 Å². The van der Waals surface area contributed by atoms with Gasteiger partial charge in [-0.3, -0.25) is 4.79 Å². The maximum absolute atomic E-state index is 13.8. The highest BCUT2D eigenvalue weighted by Crippen LogP contribution is 2.47. The SMILES string of the molecule is Cc1c(N)ncnc1Nc1cc(C(F)(F)F)c2c(c1)C1(CCCCC1)NC2=O. The number of nitrogens with zero attached hydrogens (tertiary/aromatic N) is 2. The van der Waals surface area contributed by atoms with E-state index in [0.29, 0.717) is 29.8 Å². The monoisotopic (exact) mass is 391 g/mol. The Morgan fingerprint density at radius 3 is 2.57 bits per heavy atom. The molecule has 1 aliphatic heterocycles. The smallest absolute Gasteiger partial charge is 0.383 e. The number of rotatable bonds is 2. The number of fused-ring (bicyclic) bond motifs is 2. The molecule has 148 valence electrons. The van der Waals surface area contributed by atoms with Crippen LogP contribution in [0.5, 0.6) is 0 Å². The maximum Gasteiger partial charge on any atom is 0.417 e. The lowest BCUT2D eigenvalue weighted by molar-refractivity contribution is -0.137. The molecule has 4 rings (SSSR count). The maximum atomic E-state index is 13.8. The molecule has 9 heteroatoms. The Morgan fingerprint density at radius 2 is 1.89 bits per heavy atom. The molecule has 1 fully saturated rings. The van der Waals surface area contributed by atoms with Gasteiger partial charge in [0, 0.05) is 11.3 Å². The molecule has 1 saturated carbocycles. The minimum Gasteiger partial charge on any atom is -0.383 e. The van der Waals surface area contributed by atoms with Crippen LogP contribution >= 0.6 is 0 Å². The van der Waals surface area contributed by atoms with Crippen molar-refractivity contribution in [2.24, 2.45) is 0 Å². The quantitative estimate of drug-likeness (QED) is 0.719. The zero-order valence-electron chi connectivity index (χ0n) is 15.3. The lowest BCUT2D eigenvalue weighted by Gasteiger charge is -2.34.